The summed E-state index contributed by atoms with van der Waals surface area (Å²) in [5.41, 5.74) is 2.79. The van der Waals surface area contributed by atoms with Crippen molar-refractivity contribution in [2.24, 2.45) is 5.92 Å². The molecule has 3 rings (SSSR count). The van der Waals surface area contributed by atoms with Crippen LogP contribution in [0.5, 0.6) is 0 Å². The maximum atomic E-state index is 5.88. The first-order valence-electron chi connectivity index (χ1n) is 5.64. The average molecular weight is 204 g/mol. The van der Waals surface area contributed by atoms with Crippen molar-refractivity contribution in [1.29, 1.82) is 0 Å². The van der Waals surface area contributed by atoms with Gasteiger partial charge in [-0.15, -0.1) is 0 Å². The molecule has 0 spiro atoms. The first kappa shape index (κ1) is 9.37. The molecule has 1 aliphatic carbocycles. The van der Waals surface area contributed by atoms with Gasteiger partial charge in [-0.2, -0.15) is 0 Å². The van der Waals surface area contributed by atoms with Crippen LogP contribution in [0.15, 0.2) is 24.3 Å². The predicted octanol–water partition coefficient (Wildman–Crippen LogP) is 2.68. The van der Waals surface area contributed by atoms with Gasteiger partial charge in [-0.25, -0.2) is 0 Å². The van der Waals surface area contributed by atoms with Crippen LogP contribution in [-0.2, 0) is 15.9 Å². The topological polar surface area (TPSA) is 18.5 Å². The molecule has 0 bridgehead atoms. The van der Waals surface area contributed by atoms with Crippen LogP contribution in [0.4, 0.5) is 0 Å². The lowest BCUT2D eigenvalue weighted by molar-refractivity contribution is -0.254. The molecular weight excluding hydrogens is 188 g/mol. The zero-order valence-corrected chi connectivity index (χ0v) is 9.14. The Morgan fingerprint density at radius 3 is 2.80 bits per heavy atom. The fourth-order valence-electron chi connectivity index (χ4n) is 2.82. The zero-order chi connectivity index (χ0) is 10.4. The Morgan fingerprint density at radius 1 is 1.13 bits per heavy atom. The number of fused-ring (bicyclic) bond motifs is 3. The van der Waals surface area contributed by atoms with Crippen LogP contribution in [0.2, 0.25) is 0 Å². The largest absolute Gasteiger partial charge is 0.350 e. The second kappa shape index (κ2) is 3.32. The minimum Gasteiger partial charge on any atom is -0.350 e. The van der Waals surface area contributed by atoms with Crippen molar-refractivity contribution < 1.29 is 9.47 Å². The number of benzene rings is 1. The monoisotopic (exact) mass is 204 g/mol. The molecule has 1 aromatic carbocycles. The Hall–Kier alpha value is -0.860. The maximum absolute atomic E-state index is 5.88. The van der Waals surface area contributed by atoms with Crippen molar-refractivity contribution in [3.8, 4) is 0 Å². The molecule has 0 radical (unpaired) electrons. The predicted molar refractivity (Wildman–Crippen MR) is 57.5 cm³/mol. The molecule has 0 aromatic heterocycles. The van der Waals surface area contributed by atoms with Crippen molar-refractivity contribution in [3.05, 3.63) is 35.4 Å². The Bertz CT molecular complexity index is 375. The number of hydrogen-bond acceptors (Lipinski definition) is 2. The molecule has 0 N–H and O–H groups in total. The summed E-state index contributed by atoms with van der Waals surface area (Å²) in [5, 5.41) is 0. The van der Waals surface area contributed by atoms with Crippen LogP contribution >= 0.6 is 0 Å². The molecule has 2 heteroatoms. The lowest BCUT2D eigenvalue weighted by atomic mass is 9.96. The van der Waals surface area contributed by atoms with Crippen molar-refractivity contribution in [3.63, 3.8) is 0 Å². The van der Waals surface area contributed by atoms with Gasteiger partial charge in [0, 0.05) is 5.92 Å². The first-order valence-corrected chi connectivity index (χ1v) is 5.64. The van der Waals surface area contributed by atoms with Crippen LogP contribution in [0, 0.1) is 5.92 Å². The van der Waals surface area contributed by atoms with Crippen LogP contribution in [0.25, 0.3) is 0 Å². The van der Waals surface area contributed by atoms with Crippen molar-refractivity contribution in [1.82, 2.24) is 0 Å². The molecule has 2 aliphatic rings. The highest BCUT2D eigenvalue weighted by atomic mass is 16.7. The van der Waals surface area contributed by atoms with E-state index in [2.05, 4.69) is 31.2 Å². The molecule has 15 heavy (non-hydrogen) atoms. The fourth-order valence-corrected chi connectivity index (χ4v) is 2.82. The SMILES string of the molecule is C[C@H]1O[C@@H](C)[C@H]2Cc3ccccc3[C@@H]2O1. The molecule has 4 atom stereocenters. The average Bonchev–Trinajstić information content (AvgIpc) is 2.57. The van der Waals surface area contributed by atoms with Gasteiger partial charge < -0.3 is 9.47 Å². The van der Waals surface area contributed by atoms with E-state index in [0.717, 1.165) is 6.42 Å². The highest BCUT2D eigenvalue weighted by molar-refractivity contribution is 5.35. The van der Waals surface area contributed by atoms with E-state index >= 15 is 0 Å². The molecule has 0 unspecified atom stereocenters. The van der Waals surface area contributed by atoms with E-state index in [9.17, 15) is 0 Å². The summed E-state index contributed by atoms with van der Waals surface area (Å²) in [4.78, 5) is 0. The van der Waals surface area contributed by atoms with Crippen molar-refractivity contribution in [2.75, 3.05) is 0 Å². The summed E-state index contributed by atoms with van der Waals surface area (Å²) in [6, 6.07) is 8.58. The van der Waals surface area contributed by atoms with Gasteiger partial charge in [0.25, 0.3) is 0 Å². The van der Waals surface area contributed by atoms with Gasteiger partial charge in [-0.1, -0.05) is 24.3 Å². The van der Waals surface area contributed by atoms with E-state index in [4.69, 9.17) is 9.47 Å². The zero-order valence-electron chi connectivity index (χ0n) is 9.14. The highest BCUT2D eigenvalue weighted by Crippen LogP contribution is 2.44. The summed E-state index contributed by atoms with van der Waals surface area (Å²) >= 11 is 0. The number of ether oxygens (including phenoxy) is 2. The Balaban J connectivity index is 1.98. The second-order valence-corrected chi connectivity index (χ2v) is 4.53. The quantitative estimate of drug-likeness (QED) is 0.647. The fraction of sp³-hybridized carbons (Fsp3) is 0.538. The lowest BCUT2D eigenvalue weighted by Gasteiger charge is -2.36. The minimum atomic E-state index is -0.0765. The molecule has 0 saturated carbocycles. The van der Waals surface area contributed by atoms with E-state index in [-0.39, 0.29) is 12.4 Å². The number of hydrogen-bond donors (Lipinski definition) is 0. The summed E-state index contributed by atoms with van der Waals surface area (Å²) in [6.45, 7) is 4.14. The Kier molecular flexibility index (Phi) is 2.08. The molecule has 2 nitrogen and oxygen atoms in total. The molecule has 80 valence electrons. The molecule has 1 aliphatic heterocycles. The van der Waals surface area contributed by atoms with Gasteiger partial charge in [0.05, 0.1) is 12.2 Å². The van der Waals surface area contributed by atoms with E-state index in [1.54, 1.807) is 0 Å². The summed E-state index contributed by atoms with van der Waals surface area (Å²) in [6.07, 6.45) is 1.56. The van der Waals surface area contributed by atoms with Crippen LogP contribution in [0.1, 0.15) is 31.1 Å². The summed E-state index contributed by atoms with van der Waals surface area (Å²) in [7, 11) is 0. The minimum absolute atomic E-state index is 0.0765. The standard InChI is InChI=1S/C13H16O2/c1-8-12-7-10-5-3-4-6-11(10)13(12)15-9(2)14-8/h3-6,8-9,12-13H,7H2,1-2H3/t8-,9-,12+,13-/m0/s1. The Labute approximate surface area is 90.2 Å². The third-order valence-electron chi connectivity index (χ3n) is 3.55. The molecular formula is C13H16O2. The van der Waals surface area contributed by atoms with Gasteiger partial charge in [0.15, 0.2) is 6.29 Å². The van der Waals surface area contributed by atoms with Crippen molar-refractivity contribution in [2.45, 2.75) is 38.8 Å². The first-order chi connectivity index (χ1) is 7.25. The third-order valence-corrected chi connectivity index (χ3v) is 3.55. The molecule has 1 aromatic rings. The van der Waals surface area contributed by atoms with Crippen LogP contribution in [0.3, 0.4) is 0 Å². The molecule has 1 fully saturated rings. The van der Waals surface area contributed by atoms with Crippen LogP contribution < -0.4 is 0 Å². The van der Waals surface area contributed by atoms with Gasteiger partial charge in [0.1, 0.15) is 0 Å². The molecule has 1 heterocycles. The van der Waals surface area contributed by atoms with E-state index in [1.807, 2.05) is 6.92 Å². The lowest BCUT2D eigenvalue weighted by Crippen LogP contribution is -2.37. The highest BCUT2D eigenvalue weighted by Gasteiger charge is 2.41. The van der Waals surface area contributed by atoms with Gasteiger partial charge >= 0.3 is 0 Å². The summed E-state index contributed by atoms with van der Waals surface area (Å²) < 4.78 is 11.6. The van der Waals surface area contributed by atoms with Crippen molar-refractivity contribution >= 4 is 0 Å². The number of rotatable bonds is 0. The summed E-state index contributed by atoms with van der Waals surface area (Å²) in [5.74, 6) is 0.499. The van der Waals surface area contributed by atoms with E-state index in [0.29, 0.717) is 12.0 Å². The smallest absolute Gasteiger partial charge is 0.156 e. The third kappa shape index (κ3) is 1.40. The van der Waals surface area contributed by atoms with E-state index < -0.39 is 0 Å². The molecule has 1 saturated heterocycles. The van der Waals surface area contributed by atoms with Gasteiger partial charge in [-0.05, 0) is 31.4 Å². The molecule has 0 amide bonds. The van der Waals surface area contributed by atoms with E-state index in [1.165, 1.54) is 11.1 Å². The second-order valence-electron chi connectivity index (χ2n) is 4.53. The maximum Gasteiger partial charge on any atom is 0.156 e. The Morgan fingerprint density at radius 2 is 1.93 bits per heavy atom. The normalized spacial score (nSPS) is 38.5. The van der Waals surface area contributed by atoms with Gasteiger partial charge in [0.2, 0.25) is 0 Å². The van der Waals surface area contributed by atoms with Gasteiger partial charge in [-0.3, -0.25) is 0 Å². The van der Waals surface area contributed by atoms with Crippen LogP contribution in [-0.4, -0.2) is 12.4 Å².